The van der Waals surface area contributed by atoms with Gasteiger partial charge in [-0.2, -0.15) is 0 Å². The molecule has 0 aromatic heterocycles. The summed E-state index contributed by atoms with van der Waals surface area (Å²) in [5, 5.41) is 0.756. The number of benzene rings is 1. The first-order valence-electron chi connectivity index (χ1n) is 7.69. The minimum atomic E-state index is 0.214. The van der Waals surface area contributed by atoms with E-state index in [2.05, 4.69) is 0 Å². The Morgan fingerprint density at radius 1 is 1.15 bits per heavy atom. The summed E-state index contributed by atoms with van der Waals surface area (Å²) in [6, 6.07) is 5.80. The molecule has 20 heavy (non-hydrogen) atoms. The Hall–Kier alpha value is -1.02. The lowest BCUT2D eigenvalue weighted by molar-refractivity contribution is -0.122. The van der Waals surface area contributed by atoms with Crippen molar-refractivity contribution in [2.75, 3.05) is 6.61 Å². The van der Waals surface area contributed by atoms with Crippen LogP contribution in [0.5, 0.6) is 5.75 Å². The first-order valence-corrected chi connectivity index (χ1v) is 8.07. The molecule has 0 spiro atoms. The van der Waals surface area contributed by atoms with Crippen molar-refractivity contribution in [3.63, 3.8) is 0 Å². The Morgan fingerprint density at radius 3 is 2.60 bits per heavy atom. The van der Waals surface area contributed by atoms with Gasteiger partial charge in [-0.15, -0.1) is 0 Å². The van der Waals surface area contributed by atoms with Crippen molar-refractivity contribution < 1.29 is 9.53 Å². The van der Waals surface area contributed by atoms with Crippen LogP contribution in [0.2, 0.25) is 5.02 Å². The van der Waals surface area contributed by atoms with Crippen LogP contribution >= 0.6 is 11.6 Å². The Morgan fingerprint density at radius 2 is 1.90 bits per heavy atom. The average molecular weight is 293 g/mol. The molecule has 3 heteroatoms. The molecule has 2 fully saturated rings. The van der Waals surface area contributed by atoms with Crippen molar-refractivity contribution >= 4 is 17.4 Å². The van der Waals surface area contributed by atoms with Gasteiger partial charge in [-0.25, -0.2) is 0 Å². The van der Waals surface area contributed by atoms with E-state index >= 15 is 0 Å². The highest BCUT2D eigenvalue weighted by atomic mass is 35.5. The van der Waals surface area contributed by atoms with Crippen LogP contribution < -0.4 is 4.74 Å². The van der Waals surface area contributed by atoms with Gasteiger partial charge in [0, 0.05) is 10.9 Å². The number of hydrogen-bond acceptors (Lipinski definition) is 2. The molecule has 108 valence electrons. The van der Waals surface area contributed by atoms with Crippen LogP contribution in [0.25, 0.3) is 0 Å². The molecule has 0 bridgehead atoms. The summed E-state index contributed by atoms with van der Waals surface area (Å²) in [5.74, 6) is 1.90. The SMILES string of the molecule is O=C(COc1ccc(Cl)cc1C1CCCCC1)C1CC1. The Balaban J connectivity index is 1.72. The second-order valence-corrected chi connectivity index (χ2v) is 6.48. The summed E-state index contributed by atoms with van der Waals surface area (Å²) in [6.07, 6.45) is 8.36. The first kappa shape index (κ1) is 13.9. The standard InChI is InChI=1S/C17H21ClO2/c18-14-8-9-17(20-11-16(19)13-6-7-13)15(10-14)12-4-2-1-3-5-12/h8-10,12-13H,1-7,11H2. The first-order chi connectivity index (χ1) is 9.74. The summed E-state index contributed by atoms with van der Waals surface area (Å²) in [7, 11) is 0. The number of halogens is 1. The zero-order chi connectivity index (χ0) is 13.9. The van der Waals surface area contributed by atoms with Crippen LogP contribution in [0.4, 0.5) is 0 Å². The third-order valence-corrected chi connectivity index (χ3v) is 4.65. The van der Waals surface area contributed by atoms with Gasteiger partial charge in [-0.3, -0.25) is 4.79 Å². The summed E-state index contributed by atoms with van der Waals surface area (Å²) in [5.41, 5.74) is 1.20. The van der Waals surface area contributed by atoms with Crippen LogP contribution in [0.3, 0.4) is 0 Å². The molecule has 0 radical (unpaired) electrons. The van der Waals surface area contributed by atoms with Gasteiger partial charge in [0.1, 0.15) is 12.4 Å². The van der Waals surface area contributed by atoms with Crippen molar-refractivity contribution in [1.29, 1.82) is 0 Å². The van der Waals surface area contributed by atoms with Crippen LogP contribution in [0.1, 0.15) is 56.4 Å². The maximum atomic E-state index is 11.8. The summed E-state index contributed by atoms with van der Waals surface area (Å²) in [4.78, 5) is 11.8. The van der Waals surface area contributed by atoms with E-state index in [0.29, 0.717) is 5.92 Å². The molecule has 1 aromatic carbocycles. The van der Waals surface area contributed by atoms with Crippen molar-refractivity contribution in [1.82, 2.24) is 0 Å². The molecule has 0 unspecified atom stereocenters. The number of Topliss-reactive ketones (excluding diaryl/α,β-unsaturated/α-hetero) is 1. The lowest BCUT2D eigenvalue weighted by Crippen LogP contribution is -2.15. The quantitative estimate of drug-likeness (QED) is 0.783. The molecule has 0 N–H and O–H groups in total. The van der Waals surface area contributed by atoms with Crippen LogP contribution in [0.15, 0.2) is 18.2 Å². The number of carbonyl (C=O) groups is 1. The molecule has 0 atom stereocenters. The van der Waals surface area contributed by atoms with E-state index in [1.54, 1.807) is 0 Å². The lowest BCUT2D eigenvalue weighted by atomic mass is 9.84. The second-order valence-electron chi connectivity index (χ2n) is 6.05. The number of ketones is 1. The van der Waals surface area contributed by atoms with Gasteiger partial charge >= 0.3 is 0 Å². The molecule has 2 aliphatic rings. The molecule has 3 rings (SSSR count). The monoisotopic (exact) mass is 292 g/mol. The van der Waals surface area contributed by atoms with Crippen molar-refractivity contribution in [3.05, 3.63) is 28.8 Å². The topological polar surface area (TPSA) is 26.3 Å². The van der Waals surface area contributed by atoms with E-state index in [-0.39, 0.29) is 18.3 Å². The molecular weight excluding hydrogens is 272 g/mol. The molecular formula is C17H21ClO2. The van der Waals surface area contributed by atoms with Crippen LogP contribution in [0, 0.1) is 5.92 Å². The maximum absolute atomic E-state index is 11.8. The van der Waals surface area contributed by atoms with Gasteiger partial charge in [0.2, 0.25) is 0 Å². The number of ether oxygens (including phenoxy) is 1. The third kappa shape index (κ3) is 3.35. The van der Waals surface area contributed by atoms with E-state index in [4.69, 9.17) is 16.3 Å². The minimum Gasteiger partial charge on any atom is -0.486 e. The fourth-order valence-electron chi connectivity index (χ4n) is 3.06. The zero-order valence-corrected chi connectivity index (χ0v) is 12.5. The molecule has 2 nitrogen and oxygen atoms in total. The molecule has 1 aromatic rings. The van der Waals surface area contributed by atoms with E-state index in [1.165, 1.54) is 37.7 Å². The van der Waals surface area contributed by atoms with E-state index in [9.17, 15) is 4.79 Å². The van der Waals surface area contributed by atoms with Crippen molar-refractivity contribution in [2.24, 2.45) is 5.92 Å². The summed E-state index contributed by atoms with van der Waals surface area (Å²) >= 11 is 6.14. The second kappa shape index (κ2) is 6.17. The highest BCUT2D eigenvalue weighted by Gasteiger charge is 2.30. The van der Waals surface area contributed by atoms with Crippen molar-refractivity contribution in [3.8, 4) is 5.75 Å². The zero-order valence-electron chi connectivity index (χ0n) is 11.7. The molecule has 0 aliphatic heterocycles. The van der Waals surface area contributed by atoms with Gasteiger partial charge in [-0.05, 0) is 55.4 Å². The maximum Gasteiger partial charge on any atom is 0.173 e. The fraction of sp³-hybridized carbons (Fsp3) is 0.588. The van der Waals surface area contributed by atoms with Gasteiger partial charge < -0.3 is 4.74 Å². The van der Waals surface area contributed by atoms with E-state index in [1.807, 2.05) is 18.2 Å². The Kier molecular flexibility index (Phi) is 4.30. The predicted molar refractivity (Wildman–Crippen MR) is 80.5 cm³/mol. The smallest absolute Gasteiger partial charge is 0.173 e. The number of rotatable bonds is 5. The molecule has 0 amide bonds. The fourth-order valence-corrected chi connectivity index (χ4v) is 3.24. The Bertz CT molecular complexity index is 488. The van der Waals surface area contributed by atoms with Gasteiger partial charge in [-0.1, -0.05) is 30.9 Å². The largest absolute Gasteiger partial charge is 0.486 e. The average Bonchev–Trinajstić information content (AvgIpc) is 3.31. The Labute approximate surface area is 125 Å². The van der Waals surface area contributed by atoms with E-state index < -0.39 is 0 Å². The van der Waals surface area contributed by atoms with Crippen LogP contribution in [-0.2, 0) is 4.79 Å². The summed E-state index contributed by atoms with van der Waals surface area (Å²) < 4.78 is 5.80. The molecule has 2 aliphatic carbocycles. The highest BCUT2D eigenvalue weighted by Crippen LogP contribution is 2.39. The van der Waals surface area contributed by atoms with Gasteiger partial charge in [0.15, 0.2) is 5.78 Å². The van der Waals surface area contributed by atoms with Crippen LogP contribution in [-0.4, -0.2) is 12.4 Å². The highest BCUT2D eigenvalue weighted by molar-refractivity contribution is 6.30. The molecule has 0 heterocycles. The van der Waals surface area contributed by atoms with Gasteiger partial charge in [0.05, 0.1) is 0 Å². The van der Waals surface area contributed by atoms with Gasteiger partial charge in [0.25, 0.3) is 0 Å². The third-order valence-electron chi connectivity index (χ3n) is 4.42. The normalized spacial score (nSPS) is 19.9. The molecule has 2 saturated carbocycles. The van der Waals surface area contributed by atoms with E-state index in [0.717, 1.165) is 23.6 Å². The molecule has 0 saturated heterocycles. The van der Waals surface area contributed by atoms with Crippen molar-refractivity contribution in [2.45, 2.75) is 50.9 Å². The number of hydrogen-bond donors (Lipinski definition) is 0. The predicted octanol–water partition coefficient (Wildman–Crippen LogP) is 4.75. The minimum absolute atomic E-state index is 0.214. The summed E-state index contributed by atoms with van der Waals surface area (Å²) in [6.45, 7) is 0.214. The number of carbonyl (C=O) groups excluding carboxylic acids is 1. The lowest BCUT2D eigenvalue weighted by Gasteiger charge is -2.24.